The molecule has 0 aliphatic carbocycles. The summed E-state index contributed by atoms with van der Waals surface area (Å²) in [5.74, 6) is 0.118. The number of nitrogens with zero attached hydrogens (tertiary/aromatic N) is 1. The first-order chi connectivity index (χ1) is 6.44. The number of halogens is 1. The Morgan fingerprint density at radius 1 is 1.57 bits per heavy atom. The van der Waals surface area contributed by atoms with Crippen molar-refractivity contribution in [2.24, 2.45) is 5.14 Å². The smallest absolute Gasteiger partial charge is 0.213 e. The Balaban J connectivity index is 3.18. The van der Waals surface area contributed by atoms with Gasteiger partial charge in [0.1, 0.15) is 5.75 Å². The van der Waals surface area contributed by atoms with Gasteiger partial charge >= 0.3 is 0 Å². The zero-order valence-electron chi connectivity index (χ0n) is 7.40. The number of hydrogen-bond donors (Lipinski definition) is 1. The van der Waals surface area contributed by atoms with E-state index in [9.17, 15) is 8.42 Å². The molecule has 7 heteroatoms. The highest BCUT2D eigenvalue weighted by atomic mass is 79.9. The summed E-state index contributed by atoms with van der Waals surface area (Å²) in [5, 5.41) is 4.94. The summed E-state index contributed by atoms with van der Waals surface area (Å²) < 4.78 is 27.3. The van der Waals surface area contributed by atoms with Crippen molar-refractivity contribution in [3.8, 4) is 5.75 Å². The fourth-order valence-electron chi connectivity index (χ4n) is 0.961. The highest BCUT2D eigenvalue weighted by Crippen LogP contribution is 2.26. The number of sulfonamides is 1. The van der Waals surface area contributed by atoms with Gasteiger partial charge in [0.05, 0.1) is 19.1 Å². The Morgan fingerprint density at radius 2 is 2.21 bits per heavy atom. The molecule has 1 rings (SSSR count). The second kappa shape index (κ2) is 4.24. The summed E-state index contributed by atoms with van der Waals surface area (Å²) in [6.07, 6.45) is 2.92. The van der Waals surface area contributed by atoms with Crippen molar-refractivity contribution in [1.82, 2.24) is 4.98 Å². The van der Waals surface area contributed by atoms with Crippen LogP contribution in [0, 0.1) is 0 Å². The number of aromatic nitrogens is 1. The number of primary sulfonamides is 1. The van der Waals surface area contributed by atoms with Crippen LogP contribution in [0.2, 0.25) is 0 Å². The molecule has 5 nitrogen and oxygen atoms in total. The van der Waals surface area contributed by atoms with Gasteiger partial charge in [0.15, 0.2) is 0 Å². The minimum Gasteiger partial charge on any atom is -0.495 e. The van der Waals surface area contributed by atoms with E-state index in [0.717, 1.165) is 0 Å². The molecule has 0 aliphatic heterocycles. The van der Waals surface area contributed by atoms with E-state index in [1.807, 2.05) is 0 Å². The summed E-state index contributed by atoms with van der Waals surface area (Å²) in [5.41, 5.74) is 0.477. The van der Waals surface area contributed by atoms with Gasteiger partial charge in [0, 0.05) is 16.2 Å². The number of nitrogens with two attached hydrogens (primary N) is 1. The van der Waals surface area contributed by atoms with Gasteiger partial charge < -0.3 is 4.74 Å². The van der Waals surface area contributed by atoms with E-state index < -0.39 is 10.0 Å². The van der Waals surface area contributed by atoms with E-state index in [1.165, 1.54) is 19.5 Å². The molecule has 0 atom stereocenters. The fraction of sp³-hybridized carbons (Fsp3) is 0.286. The van der Waals surface area contributed by atoms with Gasteiger partial charge in [-0.15, -0.1) is 0 Å². The Kier molecular flexibility index (Phi) is 3.46. The van der Waals surface area contributed by atoms with Crippen molar-refractivity contribution in [3.05, 3.63) is 22.4 Å². The van der Waals surface area contributed by atoms with Gasteiger partial charge in [0.2, 0.25) is 10.0 Å². The highest BCUT2D eigenvalue weighted by molar-refractivity contribution is 9.10. The van der Waals surface area contributed by atoms with Gasteiger partial charge in [-0.3, -0.25) is 4.98 Å². The molecule has 0 radical (unpaired) electrons. The monoisotopic (exact) mass is 280 g/mol. The van der Waals surface area contributed by atoms with Gasteiger partial charge in [-0.1, -0.05) is 0 Å². The lowest BCUT2D eigenvalue weighted by Crippen LogP contribution is -2.15. The molecule has 0 bridgehead atoms. The van der Waals surface area contributed by atoms with Crippen LogP contribution in [0.15, 0.2) is 16.9 Å². The Bertz CT molecular complexity index is 433. The molecule has 0 saturated heterocycles. The largest absolute Gasteiger partial charge is 0.495 e. The minimum absolute atomic E-state index is 0.278. The predicted molar refractivity (Wildman–Crippen MR) is 55.3 cm³/mol. The molecule has 0 aliphatic rings. The van der Waals surface area contributed by atoms with Crippen LogP contribution in [-0.2, 0) is 15.8 Å². The molecule has 0 spiro atoms. The minimum atomic E-state index is -3.57. The molecule has 0 aromatic carbocycles. The average Bonchev–Trinajstić information content (AvgIpc) is 2.06. The number of rotatable bonds is 3. The van der Waals surface area contributed by atoms with Crippen LogP contribution >= 0.6 is 15.9 Å². The van der Waals surface area contributed by atoms with Crippen LogP contribution < -0.4 is 9.88 Å². The maximum atomic E-state index is 10.9. The molecule has 0 amide bonds. The van der Waals surface area contributed by atoms with Crippen molar-refractivity contribution < 1.29 is 13.2 Å². The SMILES string of the molecule is COc1cncc(Br)c1CS(N)(=O)=O. The molecule has 0 unspecified atom stereocenters. The van der Waals surface area contributed by atoms with Crippen LogP contribution in [-0.4, -0.2) is 20.5 Å². The van der Waals surface area contributed by atoms with Crippen molar-refractivity contribution in [2.45, 2.75) is 5.75 Å². The van der Waals surface area contributed by atoms with Crippen molar-refractivity contribution in [2.75, 3.05) is 7.11 Å². The van der Waals surface area contributed by atoms with Crippen LogP contribution in [0.4, 0.5) is 0 Å². The third-order valence-electron chi connectivity index (χ3n) is 1.53. The standard InChI is InChI=1S/C7H9BrN2O3S/c1-13-7-3-10-2-6(8)5(7)4-14(9,11)12/h2-3H,4H2,1H3,(H2,9,11,12). The average molecular weight is 281 g/mol. The second-order valence-electron chi connectivity index (χ2n) is 2.61. The van der Waals surface area contributed by atoms with Crippen LogP contribution in [0.25, 0.3) is 0 Å². The van der Waals surface area contributed by atoms with Crippen molar-refractivity contribution in [1.29, 1.82) is 0 Å². The Morgan fingerprint density at radius 3 is 2.71 bits per heavy atom. The normalized spacial score (nSPS) is 11.4. The molecular formula is C7H9BrN2O3S. The van der Waals surface area contributed by atoms with Gasteiger partial charge in [-0.25, -0.2) is 13.6 Å². The molecule has 0 saturated carbocycles. The number of ether oxygens (including phenoxy) is 1. The zero-order valence-corrected chi connectivity index (χ0v) is 9.80. The molecule has 14 heavy (non-hydrogen) atoms. The van der Waals surface area contributed by atoms with E-state index in [0.29, 0.717) is 15.8 Å². The first-order valence-electron chi connectivity index (χ1n) is 3.61. The van der Waals surface area contributed by atoms with E-state index in [2.05, 4.69) is 20.9 Å². The second-order valence-corrected chi connectivity index (χ2v) is 5.08. The topological polar surface area (TPSA) is 82.3 Å². The summed E-state index contributed by atoms with van der Waals surface area (Å²) >= 11 is 3.18. The lowest BCUT2D eigenvalue weighted by molar-refractivity contribution is 0.408. The van der Waals surface area contributed by atoms with Crippen LogP contribution in [0.3, 0.4) is 0 Å². The predicted octanol–water partition coefficient (Wildman–Crippen LogP) is 0.641. The number of methoxy groups -OCH3 is 1. The van der Waals surface area contributed by atoms with E-state index >= 15 is 0 Å². The first-order valence-corrected chi connectivity index (χ1v) is 6.11. The summed E-state index contributed by atoms with van der Waals surface area (Å²) in [7, 11) is -2.13. The van der Waals surface area contributed by atoms with Gasteiger partial charge in [-0.2, -0.15) is 0 Å². The Labute approximate surface area is 90.5 Å². The quantitative estimate of drug-likeness (QED) is 0.881. The number of pyridine rings is 1. The van der Waals surface area contributed by atoms with Crippen molar-refractivity contribution >= 4 is 26.0 Å². The van der Waals surface area contributed by atoms with Gasteiger partial charge in [-0.05, 0) is 15.9 Å². The molecule has 0 fully saturated rings. The Hall–Kier alpha value is -0.660. The molecule has 1 heterocycles. The maximum absolute atomic E-state index is 10.9. The van der Waals surface area contributed by atoms with E-state index in [4.69, 9.17) is 9.88 Å². The molecule has 1 aromatic heterocycles. The lowest BCUT2D eigenvalue weighted by atomic mass is 10.3. The fourth-order valence-corrected chi connectivity index (χ4v) is 2.30. The first kappa shape index (κ1) is 11.4. The zero-order chi connectivity index (χ0) is 10.8. The summed E-state index contributed by atoms with van der Waals surface area (Å²) in [4.78, 5) is 3.84. The van der Waals surface area contributed by atoms with Crippen LogP contribution in [0.5, 0.6) is 5.75 Å². The van der Waals surface area contributed by atoms with Gasteiger partial charge in [0.25, 0.3) is 0 Å². The third-order valence-corrected chi connectivity index (χ3v) is 2.91. The molecular weight excluding hydrogens is 272 g/mol. The van der Waals surface area contributed by atoms with Crippen LogP contribution in [0.1, 0.15) is 5.56 Å². The molecule has 78 valence electrons. The number of hydrogen-bond acceptors (Lipinski definition) is 4. The molecule has 1 aromatic rings. The van der Waals surface area contributed by atoms with Crippen molar-refractivity contribution in [3.63, 3.8) is 0 Å². The molecule has 2 N–H and O–H groups in total. The summed E-state index contributed by atoms with van der Waals surface area (Å²) in [6, 6.07) is 0. The lowest BCUT2D eigenvalue weighted by Gasteiger charge is -2.08. The van der Waals surface area contributed by atoms with E-state index in [1.54, 1.807) is 0 Å². The van der Waals surface area contributed by atoms with E-state index in [-0.39, 0.29) is 5.75 Å². The summed E-state index contributed by atoms with van der Waals surface area (Å²) in [6.45, 7) is 0. The third kappa shape index (κ3) is 2.93. The maximum Gasteiger partial charge on any atom is 0.213 e. The highest BCUT2D eigenvalue weighted by Gasteiger charge is 2.13.